The van der Waals surface area contributed by atoms with Crippen LogP contribution in [0.5, 0.6) is 5.75 Å². The van der Waals surface area contributed by atoms with Crippen molar-refractivity contribution in [2.24, 2.45) is 5.41 Å². The Morgan fingerprint density at radius 2 is 2.00 bits per heavy atom. The first-order valence-electron chi connectivity index (χ1n) is 10.9. The van der Waals surface area contributed by atoms with Crippen molar-refractivity contribution in [2.75, 3.05) is 12.3 Å². The number of benzene rings is 1. The average molecular weight is 478 g/mol. The molecule has 2 amide bonds. The van der Waals surface area contributed by atoms with Gasteiger partial charge in [-0.15, -0.1) is 0 Å². The van der Waals surface area contributed by atoms with Crippen LogP contribution in [-0.4, -0.2) is 33.5 Å². The van der Waals surface area contributed by atoms with Crippen molar-refractivity contribution in [3.63, 3.8) is 0 Å². The highest BCUT2D eigenvalue weighted by Crippen LogP contribution is 2.42. The molecule has 2 aliphatic rings. The zero-order chi connectivity index (χ0) is 23.0. The van der Waals surface area contributed by atoms with E-state index in [0.29, 0.717) is 46.7 Å². The molecule has 9 heteroatoms. The van der Waals surface area contributed by atoms with E-state index in [4.69, 9.17) is 33.7 Å². The monoisotopic (exact) mass is 477 g/mol. The van der Waals surface area contributed by atoms with Crippen molar-refractivity contribution in [3.8, 4) is 17.0 Å². The van der Waals surface area contributed by atoms with Gasteiger partial charge in [-0.25, -0.2) is 14.8 Å². The predicted molar refractivity (Wildman–Crippen MR) is 127 cm³/mol. The van der Waals surface area contributed by atoms with Gasteiger partial charge in [0.05, 0.1) is 41.7 Å². The van der Waals surface area contributed by atoms with E-state index in [9.17, 15) is 4.79 Å². The third kappa shape index (κ3) is 5.04. The van der Waals surface area contributed by atoms with E-state index in [2.05, 4.69) is 36.1 Å². The minimum atomic E-state index is -0.0962. The maximum atomic E-state index is 12.7. The third-order valence-corrected chi connectivity index (χ3v) is 6.40. The van der Waals surface area contributed by atoms with Gasteiger partial charge in [0, 0.05) is 16.6 Å². The number of rotatable bonds is 5. The van der Waals surface area contributed by atoms with Gasteiger partial charge in [-0.3, -0.25) is 0 Å². The SMILES string of the molecule is CC(C)(C)CCOc1cc(Cl)cc(Cl)c1-c1nc(N)nc2c1CN(C(=O)NC1CCC1)C2. The molecule has 2 heterocycles. The number of anilines is 1. The molecule has 2 aromatic rings. The summed E-state index contributed by atoms with van der Waals surface area (Å²) in [4.78, 5) is 23.4. The smallest absolute Gasteiger partial charge is 0.318 e. The number of ether oxygens (including phenoxy) is 1. The van der Waals surface area contributed by atoms with Crippen molar-refractivity contribution < 1.29 is 9.53 Å². The number of halogens is 2. The number of nitrogens with zero attached hydrogens (tertiary/aromatic N) is 3. The molecule has 0 unspecified atom stereocenters. The van der Waals surface area contributed by atoms with Crippen LogP contribution < -0.4 is 15.8 Å². The Morgan fingerprint density at radius 1 is 1.25 bits per heavy atom. The van der Waals surface area contributed by atoms with Gasteiger partial charge < -0.3 is 20.7 Å². The lowest BCUT2D eigenvalue weighted by molar-refractivity contribution is 0.186. The highest BCUT2D eigenvalue weighted by Gasteiger charge is 2.32. The van der Waals surface area contributed by atoms with Gasteiger partial charge in [-0.2, -0.15) is 0 Å². The molecule has 1 aliphatic heterocycles. The first-order valence-corrected chi connectivity index (χ1v) is 11.7. The minimum Gasteiger partial charge on any atom is -0.493 e. The summed E-state index contributed by atoms with van der Waals surface area (Å²) >= 11 is 12.9. The fourth-order valence-electron chi connectivity index (χ4n) is 3.80. The van der Waals surface area contributed by atoms with Crippen LogP contribution in [0.15, 0.2) is 12.1 Å². The molecule has 1 saturated carbocycles. The molecule has 1 aliphatic carbocycles. The molecule has 0 radical (unpaired) electrons. The largest absolute Gasteiger partial charge is 0.493 e. The summed E-state index contributed by atoms with van der Waals surface area (Å²) in [5, 5.41) is 3.97. The summed E-state index contributed by atoms with van der Waals surface area (Å²) in [7, 11) is 0. The fourth-order valence-corrected chi connectivity index (χ4v) is 4.37. The number of amides is 2. The summed E-state index contributed by atoms with van der Waals surface area (Å²) in [5.74, 6) is 0.677. The normalized spacial score (nSPS) is 16.0. The predicted octanol–water partition coefficient (Wildman–Crippen LogP) is 5.43. The molecule has 0 spiro atoms. The molecule has 0 atom stereocenters. The van der Waals surface area contributed by atoms with Crippen LogP contribution in [0.25, 0.3) is 11.3 Å². The number of fused-ring (bicyclic) bond motifs is 1. The Hall–Kier alpha value is -2.25. The Morgan fingerprint density at radius 3 is 2.66 bits per heavy atom. The Balaban J connectivity index is 1.66. The van der Waals surface area contributed by atoms with Crippen LogP contribution in [0.2, 0.25) is 10.0 Å². The second kappa shape index (κ2) is 8.94. The molecule has 0 saturated heterocycles. The van der Waals surface area contributed by atoms with Gasteiger partial charge >= 0.3 is 6.03 Å². The molecular weight excluding hydrogens is 449 g/mol. The number of nitrogen functional groups attached to an aromatic ring is 1. The van der Waals surface area contributed by atoms with E-state index in [1.165, 1.54) is 0 Å². The molecule has 4 rings (SSSR count). The molecule has 1 fully saturated rings. The Bertz CT molecular complexity index is 1030. The van der Waals surface area contributed by atoms with Gasteiger partial charge in [0.25, 0.3) is 0 Å². The number of carbonyl (C=O) groups excluding carboxylic acids is 1. The summed E-state index contributed by atoms with van der Waals surface area (Å²) in [6, 6.07) is 3.57. The van der Waals surface area contributed by atoms with Crippen LogP contribution in [0.4, 0.5) is 10.7 Å². The Labute approximate surface area is 198 Å². The number of nitrogens with one attached hydrogen (secondary N) is 1. The van der Waals surface area contributed by atoms with E-state index in [1.54, 1.807) is 17.0 Å². The average Bonchev–Trinajstić information content (AvgIpc) is 3.07. The maximum Gasteiger partial charge on any atom is 0.318 e. The lowest BCUT2D eigenvalue weighted by atomic mass is 9.93. The zero-order valence-electron chi connectivity index (χ0n) is 18.7. The molecule has 1 aromatic carbocycles. The van der Waals surface area contributed by atoms with E-state index in [1.807, 2.05) is 0 Å². The van der Waals surface area contributed by atoms with Gasteiger partial charge in [-0.05, 0) is 43.2 Å². The van der Waals surface area contributed by atoms with Crippen LogP contribution in [0, 0.1) is 5.41 Å². The quantitative estimate of drug-likeness (QED) is 0.598. The lowest BCUT2D eigenvalue weighted by Crippen LogP contribution is -2.45. The van der Waals surface area contributed by atoms with Gasteiger partial charge in [-0.1, -0.05) is 44.0 Å². The third-order valence-electron chi connectivity index (χ3n) is 5.88. The molecule has 3 N–H and O–H groups in total. The Kier molecular flexibility index (Phi) is 6.41. The maximum absolute atomic E-state index is 12.7. The minimum absolute atomic E-state index is 0.0962. The van der Waals surface area contributed by atoms with E-state index < -0.39 is 0 Å². The number of nitrogens with two attached hydrogens (primary N) is 1. The number of hydrogen-bond donors (Lipinski definition) is 2. The van der Waals surface area contributed by atoms with Crippen LogP contribution in [-0.2, 0) is 13.1 Å². The topological polar surface area (TPSA) is 93.4 Å². The summed E-state index contributed by atoms with van der Waals surface area (Å²) in [6.07, 6.45) is 4.07. The number of urea groups is 1. The van der Waals surface area contributed by atoms with E-state index in [0.717, 1.165) is 36.9 Å². The van der Waals surface area contributed by atoms with Crippen molar-refractivity contribution in [2.45, 2.75) is 65.6 Å². The molecular formula is C23H29Cl2N5O2. The summed E-state index contributed by atoms with van der Waals surface area (Å²) in [5.41, 5.74) is 8.92. The highest BCUT2D eigenvalue weighted by atomic mass is 35.5. The van der Waals surface area contributed by atoms with Crippen molar-refractivity contribution in [1.29, 1.82) is 0 Å². The summed E-state index contributed by atoms with van der Waals surface area (Å²) in [6.45, 7) is 7.73. The second-order valence-corrected chi connectivity index (χ2v) is 10.6. The zero-order valence-corrected chi connectivity index (χ0v) is 20.2. The molecule has 7 nitrogen and oxygen atoms in total. The van der Waals surface area contributed by atoms with Crippen LogP contribution >= 0.6 is 23.2 Å². The van der Waals surface area contributed by atoms with Crippen molar-refractivity contribution in [1.82, 2.24) is 20.2 Å². The number of aromatic nitrogens is 2. The van der Waals surface area contributed by atoms with E-state index >= 15 is 0 Å². The standard InChI is InChI=1S/C23H29Cl2N5O2/c1-23(2,3)7-8-32-18-10-13(24)9-16(25)19(18)20-15-11-30(12-17(15)28-21(26)29-20)22(31)27-14-5-4-6-14/h9-10,14H,4-8,11-12H2,1-3H3,(H,27,31)(H2,26,28,29). The van der Waals surface area contributed by atoms with E-state index in [-0.39, 0.29) is 23.4 Å². The molecule has 0 bridgehead atoms. The van der Waals surface area contributed by atoms with Crippen LogP contribution in [0.3, 0.4) is 0 Å². The molecule has 172 valence electrons. The van der Waals surface area contributed by atoms with Gasteiger partial charge in [0.15, 0.2) is 0 Å². The molecule has 1 aromatic heterocycles. The van der Waals surface area contributed by atoms with Crippen LogP contribution in [0.1, 0.15) is 57.7 Å². The van der Waals surface area contributed by atoms with Crippen molar-refractivity contribution >= 4 is 35.2 Å². The van der Waals surface area contributed by atoms with Gasteiger partial charge in [0.1, 0.15) is 5.75 Å². The highest BCUT2D eigenvalue weighted by molar-refractivity contribution is 6.37. The van der Waals surface area contributed by atoms with Gasteiger partial charge in [0.2, 0.25) is 5.95 Å². The fraction of sp³-hybridized carbons (Fsp3) is 0.522. The van der Waals surface area contributed by atoms with Crippen molar-refractivity contribution in [3.05, 3.63) is 33.4 Å². The first-order chi connectivity index (χ1) is 15.1. The molecule has 32 heavy (non-hydrogen) atoms. The summed E-state index contributed by atoms with van der Waals surface area (Å²) < 4.78 is 6.11. The second-order valence-electron chi connectivity index (χ2n) is 9.71. The lowest BCUT2D eigenvalue weighted by Gasteiger charge is -2.28. The number of carbonyl (C=O) groups is 1. The first kappa shape index (κ1) is 22.9. The number of hydrogen-bond acceptors (Lipinski definition) is 5.